The van der Waals surface area contributed by atoms with Gasteiger partial charge in [0, 0.05) is 11.3 Å². The Balaban J connectivity index is 1.51. The van der Waals surface area contributed by atoms with Gasteiger partial charge in [-0.2, -0.15) is 0 Å². The standard InChI is InChI=1S/C35H44F2N2O4/c1-4-7-8-9-10-13-24-42-32-18-12-11-16-30(32)34(40)38-29-21-19-27(20-22-29)35(41)43-25-23-39(5-2,6-3)26-28-15-14-17-31(36)33(28)37/h11-12,14-22H,4-10,13,23-26H2,1-3H3/p+1. The van der Waals surface area contributed by atoms with Crippen LogP contribution >= 0.6 is 0 Å². The van der Waals surface area contributed by atoms with Crippen molar-refractivity contribution >= 4 is 17.6 Å². The molecular formula is C35H45F2N2O4+. The Labute approximate surface area is 254 Å². The van der Waals surface area contributed by atoms with Crippen molar-refractivity contribution in [1.82, 2.24) is 0 Å². The molecule has 0 aliphatic heterocycles. The number of esters is 1. The second kappa shape index (κ2) is 17.4. The van der Waals surface area contributed by atoms with Gasteiger partial charge in [-0.25, -0.2) is 13.6 Å². The molecule has 3 rings (SSSR count). The van der Waals surface area contributed by atoms with E-state index >= 15 is 0 Å². The number of nitrogens with one attached hydrogen (secondary N) is 1. The average molecular weight is 596 g/mol. The molecule has 0 saturated heterocycles. The van der Waals surface area contributed by atoms with Crippen molar-refractivity contribution in [2.45, 2.75) is 65.8 Å². The fraction of sp³-hybridized carbons (Fsp3) is 0.429. The normalized spacial score (nSPS) is 11.3. The lowest BCUT2D eigenvalue weighted by Crippen LogP contribution is -2.49. The number of ether oxygens (including phenoxy) is 2. The number of unbranched alkanes of at least 4 members (excludes halogenated alkanes) is 5. The maximum Gasteiger partial charge on any atom is 0.338 e. The summed E-state index contributed by atoms with van der Waals surface area (Å²) < 4.78 is 39.9. The van der Waals surface area contributed by atoms with E-state index in [4.69, 9.17) is 9.47 Å². The highest BCUT2D eigenvalue weighted by Gasteiger charge is 2.27. The highest BCUT2D eigenvalue weighted by Crippen LogP contribution is 2.22. The zero-order chi connectivity index (χ0) is 31.1. The summed E-state index contributed by atoms with van der Waals surface area (Å²) in [5.74, 6) is -1.94. The van der Waals surface area contributed by atoms with Gasteiger partial charge in [-0.15, -0.1) is 0 Å². The molecule has 0 aliphatic rings. The summed E-state index contributed by atoms with van der Waals surface area (Å²) in [7, 11) is 0. The third-order valence-corrected chi connectivity index (χ3v) is 7.94. The molecule has 0 fully saturated rings. The number of carbonyl (C=O) groups is 2. The molecule has 0 spiro atoms. The highest BCUT2D eigenvalue weighted by molar-refractivity contribution is 6.06. The Kier molecular flexibility index (Phi) is 13.6. The molecule has 0 saturated carbocycles. The number of rotatable bonds is 18. The molecule has 6 nitrogen and oxygen atoms in total. The van der Waals surface area contributed by atoms with Crippen LogP contribution in [0.15, 0.2) is 66.7 Å². The van der Waals surface area contributed by atoms with Gasteiger partial charge in [-0.3, -0.25) is 4.79 Å². The molecule has 0 radical (unpaired) electrons. The largest absolute Gasteiger partial charge is 0.493 e. The Hall–Kier alpha value is -3.78. The minimum atomic E-state index is -0.866. The number of benzene rings is 3. The van der Waals surface area contributed by atoms with Crippen molar-refractivity contribution in [3.8, 4) is 5.75 Å². The van der Waals surface area contributed by atoms with Crippen LogP contribution in [0.1, 0.15) is 85.6 Å². The number of hydrogen-bond acceptors (Lipinski definition) is 4. The lowest BCUT2D eigenvalue weighted by Gasteiger charge is -2.36. The van der Waals surface area contributed by atoms with Crippen molar-refractivity contribution in [1.29, 1.82) is 0 Å². The first-order chi connectivity index (χ1) is 20.8. The third kappa shape index (κ3) is 10.2. The molecule has 43 heavy (non-hydrogen) atoms. The summed E-state index contributed by atoms with van der Waals surface area (Å²) in [5, 5.41) is 2.87. The number of halogens is 2. The second-order valence-corrected chi connectivity index (χ2v) is 10.8. The maximum atomic E-state index is 14.3. The topological polar surface area (TPSA) is 64.6 Å². The molecule has 3 aromatic rings. The third-order valence-electron chi connectivity index (χ3n) is 7.94. The average Bonchev–Trinajstić information content (AvgIpc) is 3.02. The Morgan fingerprint density at radius 3 is 2.21 bits per heavy atom. The van der Waals surface area contributed by atoms with Crippen molar-refractivity contribution in [2.75, 3.05) is 38.2 Å². The number of likely N-dealkylation sites (N-methyl/N-ethyl adjacent to an activating group) is 1. The summed E-state index contributed by atoms with van der Waals surface area (Å²) in [6, 6.07) is 17.9. The van der Waals surface area contributed by atoms with Gasteiger partial charge < -0.3 is 19.3 Å². The van der Waals surface area contributed by atoms with Crippen LogP contribution in [0.4, 0.5) is 14.5 Å². The van der Waals surface area contributed by atoms with E-state index in [9.17, 15) is 18.4 Å². The van der Waals surface area contributed by atoms with Crippen LogP contribution in [0.5, 0.6) is 5.75 Å². The Morgan fingerprint density at radius 2 is 1.49 bits per heavy atom. The van der Waals surface area contributed by atoms with Gasteiger partial charge in [-0.05, 0) is 62.7 Å². The van der Waals surface area contributed by atoms with Crippen LogP contribution in [-0.2, 0) is 11.3 Å². The summed E-state index contributed by atoms with van der Waals surface area (Å²) in [4.78, 5) is 25.7. The predicted molar refractivity (Wildman–Crippen MR) is 166 cm³/mol. The Morgan fingerprint density at radius 1 is 0.791 bits per heavy atom. The van der Waals surface area contributed by atoms with E-state index in [1.54, 1.807) is 48.5 Å². The van der Waals surface area contributed by atoms with E-state index in [-0.39, 0.29) is 12.5 Å². The number of nitrogens with zero attached hydrogens (tertiary/aromatic N) is 1. The summed E-state index contributed by atoms with van der Waals surface area (Å²) in [5.41, 5.74) is 1.64. The molecule has 232 valence electrons. The molecule has 0 bridgehead atoms. The molecular weight excluding hydrogens is 550 g/mol. The van der Waals surface area contributed by atoms with Crippen LogP contribution < -0.4 is 10.1 Å². The number of quaternary nitrogens is 1. The molecule has 0 unspecified atom stereocenters. The number of para-hydroxylation sites is 1. The number of anilines is 1. The second-order valence-electron chi connectivity index (χ2n) is 10.8. The minimum Gasteiger partial charge on any atom is -0.493 e. The quantitative estimate of drug-likeness (QED) is 0.0915. The van der Waals surface area contributed by atoms with Crippen molar-refractivity contribution in [2.24, 2.45) is 0 Å². The van der Waals surface area contributed by atoms with Crippen LogP contribution in [0.2, 0.25) is 0 Å². The molecule has 0 atom stereocenters. The smallest absolute Gasteiger partial charge is 0.338 e. The lowest BCUT2D eigenvalue weighted by molar-refractivity contribution is -0.937. The molecule has 0 heterocycles. The van der Waals surface area contributed by atoms with Gasteiger partial charge in [0.15, 0.2) is 11.6 Å². The zero-order valence-corrected chi connectivity index (χ0v) is 25.7. The van der Waals surface area contributed by atoms with Gasteiger partial charge in [0.2, 0.25) is 0 Å². The molecule has 0 aliphatic carbocycles. The van der Waals surface area contributed by atoms with Crippen molar-refractivity contribution in [3.05, 3.63) is 95.1 Å². The van der Waals surface area contributed by atoms with Crippen molar-refractivity contribution in [3.63, 3.8) is 0 Å². The van der Waals surface area contributed by atoms with Crippen LogP contribution in [-0.4, -0.2) is 49.2 Å². The highest BCUT2D eigenvalue weighted by atomic mass is 19.2. The molecule has 0 aromatic heterocycles. The maximum absolute atomic E-state index is 14.3. The Bertz CT molecular complexity index is 1310. The van der Waals surface area contributed by atoms with Crippen LogP contribution in [0, 0.1) is 11.6 Å². The first-order valence-electron chi connectivity index (χ1n) is 15.4. The zero-order valence-electron chi connectivity index (χ0n) is 25.7. The first kappa shape index (κ1) is 33.7. The lowest BCUT2D eigenvalue weighted by atomic mass is 10.1. The van der Waals surface area contributed by atoms with Gasteiger partial charge >= 0.3 is 5.97 Å². The predicted octanol–water partition coefficient (Wildman–Crippen LogP) is 8.17. The van der Waals surface area contributed by atoms with Crippen LogP contribution in [0.25, 0.3) is 0 Å². The van der Waals surface area contributed by atoms with Gasteiger partial charge in [0.25, 0.3) is 5.91 Å². The van der Waals surface area contributed by atoms with E-state index < -0.39 is 17.6 Å². The van der Waals surface area contributed by atoms with Crippen molar-refractivity contribution < 1.29 is 32.3 Å². The number of amides is 1. The van der Waals surface area contributed by atoms with Gasteiger partial charge in [-0.1, -0.05) is 63.3 Å². The minimum absolute atomic E-state index is 0.130. The first-order valence-corrected chi connectivity index (χ1v) is 15.4. The number of carbonyl (C=O) groups excluding carboxylic acids is 2. The fourth-order valence-corrected chi connectivity index (χ4v) is 5.02. The number of hydrogen-bond donors (Lipinski definition) is 1. The van der Waals surface area contributed by atoms with Gasteiger partial charge in [0.05, 0.1) is 30.8 Å². The molecule has 3 aromatic carbocycles. The molecule has 1 N–H and O–H groups in total. The van der Waals surface area contributed by atoms with E-state index in [1.165, 1.54) is 31.7 Å². The SMILES string of the molecule is CCCCCCCCOc1ccccc1C(=O)Nc1ccc(C(=O)OCC[N+](CC)(CC)Cc2cccc(F)c2F)cc1. The summed E-state index contributed by atoms with van der Waals surface area (Å²) in [6.07, 6.45) is 6.96. The fourth-order valence-electron chi connectivity index (χ4n) is 5.02. The van der Waals surface area contributed by atoms with E-state index in [1.807, 2.05) is 19.9 Å². The van der Waals surface area contributed by atoms with E-state index in [2.05, 4.69) is 12.2 Å². The van der Waals surface area contributed by atoms with E-state index in [0.29, 0.717) is 65.4 Å². The molecule has 1 amide bonds. The summed E-state index contributed by atoms with van der Waals surface area (Å²) in [6.45, 7) is 8.96. The van der Waals surface area contributed by atoms with Crippen LogP contribution in [0.3, 0.4) is 0 Å². The van der Waals surface area contributed by atoms with Gasteiger partial charge in [0.1, 0.15) is 25.4 Å². The monoisotopic (exact) mass is 595 g/mol. The van der Waals surface area contributed by atoms with E-state index in [0.717, 1.165) is 18.9 Å². The molecule has 8 heteroatoms. The summed E-state index contributed by atoms with van der Waals surface area (Å²) >= 11 is 0.